The van der Waals surface area contributed by atoms with Crippen LogP contribution in [-0.2, 0) is 9.59 Å². The van der Waals surface area contributed by atoms with Crippen LogP contribution >= 0.6 is 0 Å². The number of amides is 2. The van der Waals surface area contributed by atoms with E-state index in [4.69, 9.17) is 14.2 Å². The maximum atomic E-state index is 12.5. The van der Waals surface area contributed by atoms with Crippen LogP contribution in [0.3, 0.4) is 0 Å². The highest BCUT2D eigenvalue weighted by Gasteiger charge is 2.24. The molecule has 31 heavy (non-hydrogen) atoms. The molecule has 1 aliphatic rings. The number of hydrogen-bond donors (Lipinski definition) is 1. The molecular weight excluding hydrogens is 396 g/mol. The lowest BCUT2D eigenvalue weighted by Gasteiger charge is -2.32. The van der Waals surface area contributed by atoms with Gasteiger partial charge in [-0.1, -0.05) is 29.8 Å². The Morgan fingerprint density at radius 1 is 0.968 bits per heavy atom. The van der Waals surface area contributed by atoms with E-state index < -0.39 is 0 Å². The van der Waals surface area contributed by atoms with Gasteiger partial charge >= 0.3 is 0 Å². The Balaban J connectivity index is 1.38. The van der Waals surface area contributed by atoms with Crippen LogP contribution in [0.25, 0.3) is 0 Å². The van der Waals surface area contributed by atoms with E-state index in [0.29, 0.717) is 37.4 Å². The van der Waals surface area contributed by atoms with Gasteiger partial charge in [0.1, 0.15) is 5.75 Å². The first-order valence-electron chi connectivity index (χ1n) is 10.5. The van der Waals surface area contributed by atoms with Gasteiger partial charge in [-0.25, -0.2) is 0 Å². The molecule has 1 heterocycles. The van der Waals surface area contributed by atoms with Crippen LogP contribution in [0.2, 0.25) is 0 Å². The highest BCUT2D eigenvalue weighted by atomic mass is 16.5. The SMILES string of the molecule is COc1ccccc1OCC(=O)N1CCC(NC(=O)COc2ccc(C)cc2C)CC1. The average Bonchev–Trinajstić information content (AvgIpc) is 2.77. The third kappa shape index (κ3) is 6.38. The molecule has 0 radical (unpaired) electrons. The number of likely N-dealkylation sites (tertiary alicyclic amines) is 1. The molecule has 0 atom stereocenters. The third-order valence-electron chi connectivity index (χ3n) is 5.32. The normalized spacial score (nSPS) is 14.1. The molecule has 0 bridgehead atoms. The van der Waals surface area contributed by atoms with E-state index >= 15 is 0 Å². The lowest BCUT2D eigenvalue weighted by atomic mass is 10.1. The largest absolute Gasteiger partial charge is 0.493 e. The van der Waals surface area contributed by atoms with E-state index in [-0.39, 0.29) is 31.1 Å². The van der Waals surface area contributed by atoms with Gasteiger partial charge < -0.3 is 24.4 Å². The summed E-state index contributed by atoms with van der Waals surface area (Å²) in [6.07, 6.45) is 1.41. The average molecular weight is 427 g/mol. The van der Waals surface area contributed by atoms with E-state index in [0.717, 1.165) is 16.9 Å². The van der Waals surface area contributed by atoms with E-state index in [2.05, 4.69) is 5.32 Å². The van der Waals surface area contributed by atoms with Crippen molar-refractivity contribution in [1.82, 2.24) is 10.2 Å². The quantitative estimate of drug-likeness (QED) is 0.702. The van der Waals surface area contributed by atoms with Crippen molar-refractivity contribution in [2.75, 3.05) is 33.4 Å². The molecule has 0 unspecified atom stereocenters. The Kier molecular flexibility index (Phi) is 7.76. The van der Waals surface area contributed by atoms with Crippen LogP contribution < -0.4 is 19.5 Å². The molecule has 0 aromatic heterocycles. The first-order valence-corrected chi connectivity index (χ1v) is 10.5. The second-order valence-electron chi connectivity index (χ2n) is 7.72. The fraction of sp³-hybridized carbons (Fsp3) is 0.417. The predicted molar refractivity (Wildman–Crippen MR) is 118 cm³/mol. The molecule has 7 nitrogen and oxygen atoms in total. The van der Waals surface area contributed by atoms with Crippen LogP contribution in [0.5, 0.6) is 17.2 Å². The van der Waals surface area contributed by atoms with Gasteiger partial charge in [0.25, 0.3) is 11.8 Å². The second-order valence-corrected chi connectivity index (χ2v) is 7.72. The van der Waals surface area contributed by atoms with Gasteiger partial charge in [0.2, 0.25) is 0 Å². The zero-order chi connectivity index (χ0) is 22.2. The molecule has 1 saturated heterocycles. The molecule has 1 N–H and O–H groups in total. The Morgan fingerprint density at radius 3 is 2.32 bits per heavy atom. The van der Waals surface area contributed by atoms with Crippen molar-refractivity contribution < 1.29 is 23.8 Å². The molecule has 0 aliphatic carbocycles. The van der Waals surface area contributed by atoms with Crippen LogP contribution in [0.1, 0.15) is 24.0 Å². The summed E-state index contributed by atoms with van der Waals surface area (Å²) in [6.45, 7) is 5.08. The number of carbonyl (C=O) groups is 2. The van der Waals surface area contributed by atoms with Gasteiger partial charge in [-0.2, -0.15) is 0 Å². The van der Waals surface area contributed by atoms with Crippen LogP contribution in [-0.4, -0.2) is 56.2 Å². The Hall–Kier alpha value is -3.22. The van der Waals surface area contributed by atoms with Crippen molar-refractivity contribution >= 4 is 11.8 Å². The zero-order valence-electron chi connectivity index (χ0n) is 18.3. The maximum absolute atomic E-state index is 12.5. The van der Waals surface area contributed by atoms with Crippen LogP contribution in [0, 0.1) is 13.8 Å². The molecule has 0 saturated carbocycles. The molecule has 0 spiro atoms. The van der Waals surface area contributed by atoms with Crippen molar-refractivity contribution in [2.24, 2.45) is 0 Å². The summed E-state index contributed by atoms with van der Waals surface area (Å²) in [5.41, 5.74) is 2.17. The zero-order valence-corrected chi connectivity index (χ0v) is 18.3. The summed E-state index contributed by atoms with van der Waals surface area (Å²) < 4.78 is 16.5. The number of nitrogens with zero attached hydrogens (tertiary/aromatic N) is 1. The molecule has 7 heteroatoms. The van der Waals surface area contributed by atoms with Gasteiger partial charge in [-0.05, 0) is 50.5 Å². The minimum absolute atomic E-state index is 0.0181. The molecule has 2 aromatic rings. The van der Waals surface area contributed by atoms with Crippen LogP contribution in [0.15, 0.2) is 42.5 Å². The highest BCUT2D eigenvalue weighted by Crippen LogP contribution is 2.25. The van der Waals surface area contributed by atoms with E-state index in [1.54, 1.807) is 24.1 Å². The maximum Gasteiger partial charge on any atom is 0.260 e. The monoisotopic (exact) mass is 426 g/mol. The Labute approximate surface area is 183 Å². The number of carbonyl (C=O) groups excluding carboxylic acids is 2. The molecule has 166 valence electrons. The van der Waals surface area contributed by atoms with E-state index in [1.165, 1.54) is 0 Å². The van der Waals surface area contributed by atoms with Crippen molar-refractivity contribution in [2.45, 2.75) is 32.7 Å². The topological polar surface area (TPSA) is 77.1 Å². The first kappa shape index (κ1) is 22.5. The first-order chi connectivity index (χ1) is 15.0. The lowest BCUT2D eigenvalue weighted by molar-refractivity contribution is -0.134. The van der Waals surface area contributed by atoms with E-state index in [9.17, 15) is 9.59 Å². The molecular formula is C24H30N2O5. The predicted octanol–water partition coefficient (Wildman–Crippen LogP) is 2.88. The van der Waals surface area contributed by atoms with Crippen molar-refractivity contribution in [3.8, 4) is 17.2 Å². The van der Waals surface area contributed by atoms with Crippen molar-refractivity contribution in [3.63, 3.8) is 0 Å². The number of methoxy groups -OCH3 is 1. The number of hydrogen-bond acceptors (Lipinski definition) is 5. The smallest absolute Gasteiger partial charge is 0.260 e. The van der Waals surface area contributed by atoms with Gasteiger partial charge in [-0.3, -0.25) is 9.59 Å². The third-order valence-corrected chi connectivity index (χ3v) is 5.32. The fourth-order valence-electron chi connectivity index (χ4n) is 3.62. The standard InChI is InChI=1S/C24H30N2O5/c1-17-8-9-20(18(2)14-17)30-15-23(27)25-19-10-12-26(13-11-19)24(28)16-31-22-7-5-4-6-21(22)29-3/h4-9,14,19H,10-13,15-16H2,1-3H3,(H,25,27). The summed E-state index contributed by atoms with van der Waals surface area (Å²) in [5.74, 6) is 1.64. The molecule has 1 aliphatic heterocycles. The summed E-state index contributed by atoms with van der Waals surface area (Å²) >= 11 is 0. The number of piperidine rings is 1. The highest BCUT2D eigenvalue weighted by molar-refractivity contribution is 5.79. The minimum atomic E-state index is -0.149. The number of ether oxygens (including phenoxy) is 3. The number of benzene rings is 2. The van der Waals surface area contributed by atoms with E-state index in [1.807, 2.05) is 44.2 Å². The van der Waals surface area contributed by atoms with Crippen molar-refractivity contribution in [3.05, 3.63) is 53.6 Å². The summed E-state index contributed by atoms with van der Waals surface area (Å²) in [4.78, 5) is 26.5. The van der Waals surface area contributed by atoms with Gasteiger partial charge in [0.15, 0.2) is 24.7 Å². The number of para-hydroxylation sites is 2. The van der Waals surface area contributed by atoms with Gasteiger partial charge in [-0.15, -0.1) is 0 Å². The Morgan fingerprint density at radius 2 is 1.65 bits per heavy atom. The minimum Gasteiger partial charge on any atom is -0.493 e. The molecule has 2 aromatic carbocycles. The molecule has 2 amide bonds. The number of rotatable bonds is 8. The molecule has 1 fully saturated rings. The van der Waals surface area contributed by atoms with Crippen LogP contribution in [0.4, 0.5) is 0 Å². The second kappa shape index (κ2) is 10.7. The summed E-state index contributed by atoms with van der Waals surface area (Å²) in [7, 11) is 1.57. The van der Waals surface area contributed by atoms with Gasteiger partial charge in [0, 0.05) is 19.1 Å². The van der Waals surface area contributed by atoms with Gasteiger partial charge in [0.05, 0.1) is 7.11 Å². The lowest BCUT2D eigenvalue weighted by Crippen LogP contribution is -2.48. The molecule has 3 rings (SSSR count). The Bertz CT molecular complexity index is 907. The summed E-state index contributed by atoms with van der Waals surface area (Å²) in [5, 5.41) is 3.00. The summed E-state index contributed by atoms with van der Waals surface area (Å²) in [6, 6.07) is 13.2. The number of aryl methyl sites for hydroxylation is 2. The fourth-order valence-corrected chi connectivity index (χ4v) is 3.62. The van der Waals surface area contributed by atoms with Crippen molar-refractivity contribution in [1.29, 1.82) is 0 Å². The number of nitrogens with one attached hydrogen (secondary N) is 1.